The van der Waals surface area contributed by atoms with Gasteiger partial charge in [0.25, 0.3) is 0 Å². The second-order valence-electron chi connectivity index (χ2n) is 6.74. The van der Waals surface area contributed by atoms with Gasteiger partial charge in [-0.1, -0.05) is 18.6 Å². The molecule has 3 rings (SSSR count). The zero-order chi connectivity index (χ0) is 16.2. The summed E-state index contributed by atoms with van der Waals surface area (Å²) in [5, 5.41) is 3.23. The highest BCUT2D eigenvalue weighted by Crippen LogP contribution is 2.30. The van der Waals surface area contributed by atoms with E-state index in [2.05, 4.69) is 16.3 Å². The van der Waals surface area contributed by atoms with Crippen LogP contribution in [0.2, 0.25) is 0 Å². The average molecular weight is 317 g/mol. The predicted octanol–water partition coefficient (Wildman–Crippen LogP) is 1.91. The van der Waals surface area contributed by atoms with Crippen molar-refractivity contribution in [1.29, 1.82) is 0 Å². The van der Waals surface area contributed by atoms with Crippen LogP contribution in [0.25, 0.3) is 0 Å². The van der Waals surface area contributed by atoms with E-state index in [9.17, 15) is 4.79 Å². The number of amides is 1. The van der Waals surface area contributed by atoms with Crippen molar-refractivity contribution in [3.05, 3.63) is 24.3 Å². The summed E-state index contributed by atoms with van der Waals surface area (Å²) in [4.78, 5) is 14.7. The van der Waals surface area contributed by atoms with Gasteiger partial charge in [0.1, 0.15) is 5.75 Å². The summed E-state index contributed by atoms with van der Waals surface area (Å²) in [7, 11) is 1.69. The third kappa shape index (κ3) is 3.78. The molecule has 0 spiro atoms. The van der Waals surface area contributed by atoms with Crippen LogP contribution >= 0.6 is 0 Å². The van der Waals surface area contributed by atoms with Crippen LogP contribution < -0.4 is 20.7 Å². The molecule has 2 aliphatic rings. The van der Waals surface area contributed by atoms with E-state index in [-0.39, 0.29) is 23.9 Å². The van der Waals surface area contributed by atoms with Gasteiger partial charge in [-0.2, -0.15) is 0 Å². The summed E-state index contributed by atoms with van der Waals surface area (Å²) in [6.07, 6.45) is 4.89. The normalized spacial score (nSPS) is 27.7. The lowest BCUT2D eigenvalue weighted by molar-refractivity contribution is -0.126. The van der Waals surface area contributed by atoms with Gasteiger partial charge in [0.15, 0.2) is 0 Å². The topological polar surface area (TPSA) is 67.6 Å². The smallest absolute Gasteiger partial charge is 0.223 e. The predicted molar refractivity (Wildman–Crippen MR) is 91.7 cm³/mol. The standard InChI is InChI=1S/C18H27N3O2/c1-23-17-8-3-2-7-16(17)21-10-9-15(12-21)20-18(22)13-5-4-6-14(19)11-13/h2-3,7-8,13-15H,4-6,9-12,19H2,1H3,(H,20,22). The first-order valence-electron chi connectivity index (χ1n) is 8.61. The Bertz CT molecular complexity index is 549. The van der Waals surface area contributed by atoms with Gasteiger partial charge in [0, 0.05) is 31.1 Å². The molecular formula is C18H27N3O2. The number of para-hydroxylation sites is 2. The first kappa shape index (κ1) is 16.1. The molecule has 0 radical (unpaired) electrons. The van der Waals surface area contributed by atoms with Gasteiger partial charge in [0.2, 0.25) is 5.91 Å². The molecule has 1 aliphatic heterocycles. The largest absolute Gasteiger partial charge is 0.495 e. The van der Waals surface area contributed by atoms with Crippen LogP contribution in [0.3, 0.4) is 0 Å². The minimum absolute atomic E-state index is 0.0964. The lowest BCUT2D eigenvalue weighted by atomic mass is 9.85. The quantitative estimate of drug-likeness (QED) is 0.890. The molecule has 3 unspecified atom stereocenters. The van der Waals surface area contributed by atoms with Crippen LogP contribution in [0.4, 0.5) is 5.69 Å². The van der Waals surface area contributed by atoms with E-state index in [0.29, 0.717) is 0 Å². The van der Waals surface area contributed by atoms with Gasteiger partial charge >= 0.3 is 0 Å². The van der Waals surface area contributed by atoms with Crippen LogP contribution in [-0.4, -0.2) is 38.2 Å². The van der Waals surface area contributed by atoms with E-state index in [4.69, 9.17) is 10.5 Å². The second kappa shape index (κ2) is 7.21. The summed E-state index contributed by atoms with van der Waals surface area (Å²) in [5.41, 5.74) is 7.10. The van der Waals surface area contributed by atoms with Gasteiger partial charge in [-0.3, -0.25) is 4.79 Å². The number of nitrogens with one attached hydrogen (secondary N) is 1. The van der Waals surface area contributed by atoms with Crippen LogP contribution in [-0.2, 0) is 4.79 Å². The van der Waals surface area contributed by atoms with Crippen molar-refractivity contribution in [2.45, 2.75) is 44.2 Å². The molecule has 5 heteroatoms. The third-order valence-electron chi connectivity index (χ3n) is 5.05. The maximum atomic E-state index is 12.5. The molecular weight excluding hydrogens is 290 g/mol. The van der Waals surface area contributed by atoms with Crippen molar-refractivity contribution in [3.8, 4) is 5.75 Å². The van der Waals surface area contributed by atoms with E-state index in [1.54, 1.807) is 7.11 Å². The Balaban J connectivity index is 1.56. The summed E-state index contributed by atoms with van der Waals surface area (Å²) in [6.45, 7) is 1.78. The lowest BCUT2D eigenvalue weighted by Crippen LogP contribution is -2.43. The number of nitrogens with zero attached hydrogens (tertiary/aromatic N) is 1. The highest BCUT2D eigenvalue weighted by atomic mass is 16.5. The SMILES string of the molecule is COc1ccccc1N1CCC(NC(=O)C2CCCC(N)C2)C1. The van der Waals surface area contributed by atoms with Crippen molar-refractivity contribution in [2.75, 3.05) is 25.1 Å². The lowest BCUT2D eigenvalue weighted by Gasteiger charge is -2.27. The Hall–Kier alpha value is -1.75. The highest BCUT2D eigenvalue weighted by molar-refractivity contribution is 5.79. The van der Waals surface area contributed by atoms with Gasteiger partial charge in [-0.05, 0) is 37.8 Å². The second-order valence-corrected chi connectivity index (χ2v) is 6.74. The number of nitrogens with two attached hydrogens (primary N) is 1. The molecule has 1 heterocycles. The van der Waals surface area contributed by atoms with Crippen molar-refractivity contribution >= 4 is 11.6 Å². The van der Waals surface area contributed by atoms with Crippen LogP contribution in [0.15, 0.2) is 24.3 Å². The van der Waals surface area contributed by atoms with Crippen LogP contribution in [0.5, 0.6) is 5.75 Å². The number of methoxy groups -OCH3 is 1. The summed E-state index contributed by atoms with van der Waals surface area (Å²) < 4.78 is 5.44. The van der Waals surface area contributed by atoms with E-state index in [1.165, 1.54) is 0 Å². The zero-order valence-corrected chi connectivity index (χ0v) is 13.8. The number of hydrogen-bond acceptors (Lipinski definition) is 4. The van der Waals surface area contributed by atoms with Crippen LogP contribution in [0.1, 0.15) is 32.1 Å². The van der Waals surface area contributed by atoms with Gasteiger partial charge < -0.3 is 20.7 Å². The summed E-state index contributed by atoms with van der Waals surface area (Å²) in [6, 6.07) is 8.45. The fourth-order valence-electron chi connectivity index (χ4n) is 3.77. The van der Waals surface area contributed by atoms with Crippen molar-refractivity contribution in [3.63, 3.8) is 0 Å². The van der Waals surface area contributed by atoms with Gasteiger partial charge in [-0.15, -0.1) is 0 Å². The Kier molecular flexibility index (Phi) is 5.06. The Morgan fingerprint density at radius 3 is 2.91 bits per heavy atom. The number of ether oxygens (including phenoxy) is 1. The molecule has 2 fully saturated rings. The van der Waals surface area contributed by atoms with E-state index < -0.39 is 0 Å². The number of benzene rings is 1. The van der Waals surface area contributed by atoms with Crippen molar-refractivity contribution in [2.24, 2.45) is 11.7 Å². The number of hydrogen-bond donors (Lipinski definition) is 2. The Morgan fingerprint density at radius 1 is 1.30 bits per heavy atom. The van der Waals surface area contributed by atoms with Crippen molar-refractivity contribution < 1.29 is 9.53 Å². The number of anilines is 1. The first-order valence-corrected chi connectivity index (χ1v) is 8.61. The monoisotopic (exact) mass is 317 g/mol. The molecule has 1 saturated heterocycles. The number of rotatable bonds is 4. The molecule has 0 bridgehead atoms. The van der Waals surface area contributed by atoms with Gasteiger partial charge in [0.05, 0.1) is 12.8 Å². The molecule has 126 valence electrons. The molecule has 1 aromatic carbocycles. The zero-order valence-electron chi connectivity index (χ0n) is 13.8. The maximum Gasteiger partial charge on any atom is 0.223 e. The molecule has 3 atom stereocenters. The molecule has 3 N–H and O–H groups in total. The third-order valence-corrected chi connectivity index (χ3v) is 5.05. The number of carbonyl (C=O) groups is 1. The van der Waals surface area contributed by atoms with Crippen LogP contribution in [0, 0.1) is 5.92 Å². The van der Waals surface area contributed by atoms with Crippen molar-refractivity contribution in [1.82, 2.24) is 5.32 Å². The molecule has 1 amide bonds. The number of carbonyl (C=O) groups excluding carboxylic acids is 1. The molecule has 1 aromatic rings. The minimum Gasteiger partial charge on any atom is -0.495 e. The molecule has 0 aromatic heterocycles. The average Bonchev–Trinajstić information content (AvgIpc) is 3.03. The Morgan fingerprint density at radius 2 is 2.13 bits per heavy atom. The highest BCUT2D eigenvalue weighted by Gasteiger charge is 2.30. The molecule has 5 nitrogen and oxygen atoms in total. The van der Waals surface area contributed by atoms with E-state index in [0.717, 1.165) is 56.6 Å². The Labute approximate surface area is 138 Å². The molecule has 1 saturated carbocycles. The van der Waals surface area contributed by atoms with E-state index in [1.807, 2.05) is 18.2 Å². The molecule has 23 heavy (non-hydrogen) atoms. The summed E-state index contributed by atoms with van der Waals surface area (Å²) >= 11 is 0. The minimum atomic E-state index is 0.0964. The van der Waals surface area contributed by atoms with Gasteiger partial charge in [-0.25, -0.2) is 0 Å². The summed E-state index contributed by atoms with van der Waals surface area (Å²) in [5.74, 6) is 1.17. The fourth-order valence-corrected chi connectivity index (χ4v) is 3.77. The fraction of sp³-hybridized carbons (Fsp3) is 0.611. The molecule has 1 aliphatic carbocycles. The van der Waals surface area contributed by atoms with E-state index >= 15 is 0 Å². The maximum absolute atomic E-state index is 12.5. The first-order chi connectivity index (χ1) is 11.2.